The molecule has 6 nitrogen and oxygen atoms in total. The van der Waals surface area contributed by atoms with Gasteiger partial charge in [0.2, 0.25) is 0 Å². The highest BCUT2D eigenvalue weighted by molar-refractivity contribution is 5.72. The van der Waals surface area contributed by atoms with Crippen molar-refractivity contribution in [1.82, 2.24) is 0 Å². The topological polar surface area (TPSA) is 71.1 Å². The Balaban J connectivity index is 2.74. The Kier molecular flexibility index (Phi) is 18.3. The summed E-state index contributed by atoms with van der Waals surface area (Å²) in [5.41, 5.74) is 0. The van der Waals surface area contributed by atoms with E-state index in [9.17, 15) is 9.59 Å². The van der Waals surface area contributed by atoms with Gasteiger partial charge in [-0.3, -0.25) is 9.59 Å². The molecule has 1 atom stereocenters. The van der Waals surface area contributed by atoms with Crippen molar-refractivity contribution in [3.63, 3.8) is 0 Å². The van der Waals surface area contributed by atoms with Crippen LogP contribution in [0.2, 0.25) is 0 Å². The second kappa shape index (κ2) is 20.4. The summed E-state index contributed by atoms with van der Waals surface area (Å²) < 4.78 is 23.6. The zero-order valence-electron chi connectivity index (χ0n) is 23.5. The normalized spacial score (nSPS) is 17.4. The van der Waals surface area contributed by atoms with Crippen molar-refractivity contribution < 1.29 is 28.5 Å². The lowest BCUT2D eigenvalue weighted by molar-refractivity contribution is -0.210. The van der Waals surface area contributed by atoms with Crippen molar-refractivity contribution in [1.29, 1.82) is 0 Å². The maximum atomic E-state index is 12.1. The number of rotatable bonds is 22. The van der Waals surface area contributed by atoms with Crippen LogP contribution < -0.4 is 0 Å². The molecule has 6 heteroatoms. The van der Waals surface area contributed by atoms with Gasteiger partial charge < -0.3 is 18.9 Å². The van der Waals surface area contributed by atoms with Gasteiger partial charge in [0.05, 0.1) is 19.6 Å². The Hall–Kier alpha value is -1.66. The van der Waals surface area contributed by atoms with Crippen molar-refractivity contribution in [3.8, 4) is 0 Å². The second-order valence-electron chi connectivity index (χ2n) is 9.70. The number of allylic oxidation sites excluding steroid dienone is 1. The molecule has 0 aliphatic heterocycles. The van der Waals surface area contributed by atoms with Crippen molar-refractivity contribution in [2.45, 2.75) is 143 Å². The SMILES string of the molecule is CCCCCCCCCCOC1(OCCCCCCCC)C=CC(OC(=O)CC)=C(OC(=O)CC)C1. The molecule has 0 heterocycles. The lowest BCUT2D eigenvalue weighted by Crippen LogP contribution is -2.38. The first-order valence-electron chi connectivity index (χ1n) is 14.6. The van der Waals surface area contributed by atoms with Crippen LogP contribution in [-0.2, 0) is 28.5 Å². The van der Waals surface area contributed by atoms with E-state index in [1.165, 1.54) is 64.2 Å². The molecule has 208 valence electrons. The van der Waals surface area contributed by atoms with Gasteiger partial charge in [-0.2, -0.15) is 0 Å². The molecule has 1 aliphatic carbocycles. The number of carbonyl (C=O) groups excluding carboxylic acids is 2. The highest BCUT2D eigenvalue weighted by Gasteiger charge is 2.37. The molecule has 36 heavy (non-hydrogen) atoms. The highest BCUT2D eigenvalue weighted by Crippen LogP contribution is 2.34. The van der Waals surface area contributed by atoms with Gasteiger partial charge in [-0.1, -0.05) is 105 Å². The fraction of sp³-hybridized carbons (Fsp3) is 0.800. The molecule has 0 aromatic carbocycles. The van der Waals surface area contributed by atoms with Gasteiger partial charge in [-0.15, -0.1) is 0 Å². The van der Waals surface area contributed by atoms with E-state index in [2.05, 4.69) is 13.8 Å². The number of carbonyl (C=O) groups is 2. The van der Waals surface area contributed by atoms with E-state index in [0.717, 1.165) is 25.7 Å². The van der Waals surface area contributed by atoms with Crippen LogP contribution in [0.15, 0.2) is 23.7 Å². The molecular weight excluding hydrogens is 456 g/mol. The fourth-order valence-electron chi connectivity index (χ4n) is 4.10. The van der Waals surface area contributed by atoms with Crippen LogP contribution >= 0.6 is 0 Å². The van der Waals surface area contributed by atoms with Crippen LogP contribution in [0.5, 0.6) is 0 Å². The summed E-state index contributed by atoms with van der Waals surface area (Å²) in [5.74, 6) is -1.21. The van der Waals surface area contributed by atoms with E-state index in [0.29, 0.717) is 19.0 Å². The monoisotopic (exact) mass is 508 g/mol. The van der Waals surface area contributed by atoms with Gasteiger partial charge in [0.1, 0.15) is 0 Å². The molecule has 0 saturated heterocycles. The number of hydrogen-bond acceptors (Lipinski definition) is 6. The van der Waals surface area contributed by atoms with Gasteiger partial charge >= 0.3 is 11.9 Å². The minimum Gasteiger partial charge on any atom is -0.427 e. The van der Waals surface area contributed by atoms with Gasteiger partial charge in [0, 0.05) is 12.8 Å². The number of hydrogen-bond donors (Lipinski definition) is 0. The quantitative estimate of drug-likeness (QED) is 0.0832. The summed E-state index contributed by atoms with van der Waals surface area (Å²) in [6.07, 6.45) is 20.9. The first-order chi connectivity index (χ1) is 17.5. The molecular formula is C30H52O6. The molecule has 0 bridgehead atoms. The van der Waals surface area contributed by atoms with E-state index >= 15 is 0 Å². The standard InChI is InChI=1S/C30H52O6/c1-5-9-11-13-15-16-18-20-24-34-30(33-23-19-17-14-12-10-6-2)22-21-26(35-28(31)7-3)27(25-30)36-29(32)8-4/h21-22H,5-20,23-25H2,1-4H3. The first-order valence-corrected chi connectivity index (χ1v) is 14.6. The Labute approximate surface area is 220 Å². The average Bonchev–Trinajstić information content (AvgIpc) is 2.88. The Morgan fingerprint density at radius 3 is 1.58 bits per heavy atom. The predicted octanol–water partition coefficient (Wildman–Crippen LogP) is 8.30. The number of unbranched alkanes of at least 4 members (excludes halogenated alkanes) is 12. The van der Waals surface area contributed by atoms with Crippen LogP contribution in [0.25, 0.3) is 0 Å². The fourth-order valence-corrected chi connectivity index (χ4v) is 4.10. The van der Waals surface area contributed by atoms with E-state index in [1.54, 1.807) is 19.9 Å². The molecule has 0 N–H and O–H groups in total. The molecule has 0 aromatic heterocycles. The molecule has 0 radical (unpaired) electrons. The summed E-state index contributed by atoms with van der Waals surface area (Å²) in [5, 5.41) is 0. The smallest absolute Gasteiger partial charge is 0.311 e. The third-order valence-corrected chi connectivity index (χ3v) is 6.40. The van der Waals surface area contributed by atoms with E-state index in [-0.39, 0.29) is 37.0 Å². The van der Waals surface area contributed by atoms with Gasteiger partial charge in [0.25, 0.3) is 0 Å². The van der Waals surface area contributed by atoms with Crippen molar-refractivity contribution >= 4 is 11.9 Å². The van der Waals surface area contributed by atoms with Crippen LogP contribution in [0, 0.1) is 0 Å². The number of ether oxygens (including phenoxy) is 4. The Morgan fingerprint density at radius 2 is 1.11 bits per heavy atom. The summed E-state index contributed by atoms with van der Waals surface area (Å²) in [6.45, 7) is 9.05. The maximum absolute atomic E-state index is 12.1. The summed E-state index contributed by atoms with van der Waals surface area (Å²) in [7, 11) is 0. The zero-order valence-corrected chi connectivity index (χ0v) is 23.5. The van der Waals surface area contributed by atoms with E-state index in [1.807, 2.05) is 6.08 Å². The minimum absolute atomic E-state index is 0.203. The molecule has 0 amide bonds. The summed E-state index contributed by atoms with van der Waals surface area (Å²) >= 11 is 0. The third-order valence-electron chi connectivity index (χ3n) is 6.40. The largest absolute Gasteiger partial charge is 0.427 e. The van der Waals surface area contributed by atoms with E-state index in [4.69, 9.17) is 18.9 Å². The molecule has 1 aliphatic rings. The van der Waals surface area contributed by atoms with Gasteiger partial charge in [0.15, 0.2) is 17.3 Å². The summed E-state index contributed by atoms with van der Waals surface area (Å²) in [6, 6.07) is 0. The molecule has 0 aromatic rings. The Bertz CT molecular complexity index is 668. The van der Waals surface area contributed by atoms with Crippen LogP contribution in [-0.4, -0.2) is 30.9 Å². The van der Waals surface area contributed by atoms with Crippen molar-refractivity contribution in [3.05, 3.63) is 23.7 Å². The van der Waals surface area contributed by atoms with Gasteiger partial charge in [-0.25, -0.2) is 0 Å². The molecule has 0 spiro atoms. The first kappa shape index (κ1) is 32.4. The summed E-state index contributed by atoms with van der Waals surface area (Å²) in [4.78, 5) is 24.0. The lowest BCUT2D eigenvalue weighted by Gasteiger charge is -2.34. The van der Waals surface area contributed by atoms with E-state index < -0.39 is 5.79 Å². The second-order valence-corrected chi connectivity index (χ2v) is 9.70. The zero-order chi connectivity index (χ0) is 26.5. The molecule has 0 fully saturated rings. The lowest BCUT2D eigenvalue weighted by atomic mass is 10.0. The Morgan fingerprint density at radius 1 is 0.667 bits per heavy atom. The molecule has 0 saturated carbocycles. The maximum Gasteiger partial charge on any atom is 0.311 e. The molecule has 1 unspecified atom stereocenters. The third kappa shape index (κ3) is 14.2. The van der Waals surface area contributed by atoms with Crippen molar-refractivity contribution in [2.24, 2.45) is 0 Å². The van der Waals surface area contributed by atoms with Crippen LogP contribution in [0.1, 0.15) is 137 Å². The predicted molar refractivity (Wildman–Crippen MR) is 144 cm³/mol. The van der Waals surface area contributed by atoms with Gasteiger partial charge in [-0.05, 0) is 25.0 Å². The molecule has 1 rings (SSSR count). The van der Waals surface area contributed by atoms with Crippen molar-refractivity contribution in [2.75, 3.05) is 13.2 Å². The average molecular weight is 509 g/mol. The van der Waals surface area contributed by atoms with Crippen LogP contribution in [0.4, 0.5) is 0 Å². The number of esters is 2. The minimum atomic E-state index is -1.02. The highest BCUT2D eigenvalue weighted by atomic mass is 16.7. The van der Waals surface area contributed by atoms with Crippen LogP contribution in [0.3, 0.4) is 0 Å².